The number of ether oxygens (including phenoxy) is 1. The van der Waals surface area contributed by atoms with Crippen molar-refractivity contribution in [3.63, 3.8) is 0 Å². The molecule has 0 aliphatic carbocycles. The van der Waals surface area contributed by atoms with Gasteiger partial charge >= 0.3 is 5.69 Å². The van der Waals surface area contributed by atoms with E-state index in [0.717, 1.165) is 19.4 Å². The normalized spacial score (nSPS) is 22.1. The Kier molecular flexibility index (Phi) is 4.67. The highest BCUT2D eigenvalue weighted by atomic mass is 16.6. The Labute approximate surface area is 124 Å². The number of rotatable bonds is 5. The fraction of sp³-hybridized carbons (Fsp3) is 0.600. The van der Waals surface area contributed by atoms with Gasteiger partial charge in [-0.2, -0.15) is 0 Å². The van der Waals surface area contributed by atoms with Crippen molar-refractivity contribution in [2.45, 2.75) is 26.7 Å². The topological polar surface area (TPSA) is 75.8 Å². The molecular weight excluding hydrogens is 272 g/mol. The van der Waals surface area contributed by atoms with Crippen molar-refractivity contribution in [1.29, 1.82) is 0 Å². The molecule has 6 nitrogen and oxygen atoms in total. The molecule has 0 radical (unpaired) electrons. The standard InChI is InChI=1S/C15H22N2O4/c1-3-21-13-7-4-6-12(14(13)17(19)20)16-9-5-8-15(2,10-16)11-18/h4,6-7,18H,3,5,8-11H2,1-2H3/t15-/m0/s1. The highest BCUT2D eigenvalue weighted by Crippen LogP contribution is 2.40. The van der Waals surface area contributed by atoms with Crippen molar-refractivity contribution in [3.05, 3.63) is 28.3 Å². The molecule has 1 heterocycles. The minimum atomic E-state index is -0.384. The van der Waals surface area contributed by atoms with Gasteiger partial charge in [0.15, 0.2) is 5.75 Å². The van der Waals surface area contributed by atoms with E-state index in [-0.39, 0.29) is 22.6 Å². The summed E-state index contributed by atoms with van der Waals surface area (Å²) in [4.78, 5) is 13.0. The van der Waals surface area contributed by atoms with Gasteiger partial charge in [0, 0.05) is 18.5 Å². The van der Waals surface area contributed by atoms with E-state index in [1.165, 1.54) is 0 Å². The minimum Gasteiger partial charge on any atom is -0.487 e. The molecule has 2 rings (SSSR count). The van der Waals surface area contributed by atoms with Gasteiger partial charge in [0.25, 0.3) is 0 Å². The van der Waals surface area contributed by atoms with E-state index >= 15 is 0 Å². The Hall–Kier alpha value is -1.82. The van der Waals surface area contributed by atoms with Gasteiger partial charge in [0.1, 0.15) is 5.69 Å². The lowest BCUT2D eigenvalue weighted by atomic mass is 9.82. The third kappa shape index (κ3) is 3.26. The predicted octanol–water partition coefficient (Wildman–Crippen LogP) is 2.59. The van der Waals surface area contributed by atoms with Gasteiger partial charge in [0.2, 0.25) is 0 Å². The van der Waals surface area contributed by atoms with Crippen LogP contribution in [0.4, 0.5) is 11.4 Å². The van der Waals surface area contributed by atoms with E-state index < -0.39 is 0 Å². The lowest BCUT2D eigenvalue weighted by Gasteiger charge is -2.40. The molecule has 0 bridgehead atoms. The number of anilines is 1. The Bertz CT molecular complexity index is 520. The van der Waals surface area contributed by atoms with Gasteiger partial charge in [-0.1, -0.05) is 13.0 Å². The van der Waals surface area contributed by atoms with Crippen LogP contribution in [0.25, 0.3) is 0 Å². The van der Waals surface area contributed by atoms with Crippen molar-refractivity contribution < 1.29 is 14.8 Å². The Morgan fingerprint density at radius 3 is 2.90 bits per heavy atom. The van der Waals surface area contributed by atoms with Gasteiger partial charge in [-0.3, -0.25) is 10.1 Å². The molecule has 1 aromatic rings. The number of nitro groups is 1. The molecule has 116 valence electrons. The van der Waals surface area contributed by atoms with Gasteiger partial charge < -0.3 is 14.7 Å². The number of hydrogen-bond donors (Lipinski definition) is 1. The Morgan fingerprint density at radius 1 is 1.52 bits per heavy atom. The van der Waals surface area contributed by atoms with Crippen LogP contribution >= 0.6 is 0 Å². The van der Waals surface area contributed by atoms with E-state index in [4.69, 9.17) is 4.74 Å². The summed E-state index contributed by atoms with van der Waals surface area (Å²) in [6.45, 7) is 5.66. The summed E-state index contributed by atoms with van der Waals surface area (Å²) in [6, 6.07) is 5.16. The van der Waals surface area contributed by atoms with Crippen LogP contribution in [0.3, 0.4) is 0 Å². The molecule has 21 heavy (non-hydrogen) atoms. The second-order valence-electron chi connectivity index (χ2n) is 5.81. The van der Waals surface area contributed by atoms with Gasteiger partial charge in [0.05, 0.1) is 18.1 Å². The Balaban J connectivity index is 2.38. The number of hydrogen-bond acceptors (Lipinski definition) is 5. The maximum Gasteiger partial charge on any atom is 0.333 e. The molecule has 1 atom stereocenters. The molecule has 1 aliphatic heterocycles. The summed E-state index contributed by atoms with van der Waals surface area (Å²) in [7, 11) is 0. The van der Waals surface area contributed by atoms with Crippen molar-refractivity contribution in [3.8, 4) is 5.75 Å². The first kappa shape index (κ1) is 15.6. The molecule has 1 fully saturated rings. The third-order valence-corrected chi connectivity index (χ3v) is 3.96. The molecule has 1 saturated heterocycles. The number of nitro benzene ring substituents is 1. The SMILES string of the molecule is CCOc1cccc(N2CCC[C@](C)(CO)C2)c1[N+](=O)[O-]. The van der Waals surface area contributed by atoms with E-state index in [2.05, 4.69) is 0 Å². The van der Waals surface area contributed by atoms with Crippen LogP contribution in [0, 0.1) is 15.5 Å². The van der Waals surface area contributed by atoms with Crippen LogP contribution in [0.1, 0.15) is 26.7 Å². The first-order valence-corrected chi connectivity index (χ1v) is 7.27. The highest BCUT2D eigenvalue weighted by molar-refractivity contribution is 5.70. The first-order chi connectivity index (χ1) is 10.0. The predicted molar refractivity (Wildman–Crippen MR) is 80.9 cm³/mol. The molecule has 0 amide bonds. The lowest BCUT2D eigenvalue weighted by molar-refractivity contribution is -0.385. The zero-order chi connectivity index (χ0) is 15.5. The van der Waals surface area contributed by atoms with Gasteiger partial charge in [-0.05, 0) is 31.9 Å². The van der Waals surface area contributed by atoms with Gasteiger partial charge in [-0.25, -0.2) is 0 Å². The van der Waals surface area contributed by atoms with Crippen LogP contribution in [-0.2, 0) is 0 Å². The fourth-order valence-corrected chi connectivity index (χ4v) is 2.87. The summed E-state index contributed by atoms with van der Waals surface area (Å²) >= 11 is 0. The van der Waals surface area contributed by atoms with Crippen LogP contribution < -0.4 is 9.64 Å². The summed E-state index contributed by atoms with van der Waals surface area (Å²) in [5.41, 5.74) is 0.375. The van der Waals surface area contributed by atoms with E-state index in [1.54, 1.807) is 25.1 Å². The van der Waals surface area contributed by atoms with Crippen molar-refractivity contribution in [2.75, 3.05) is 31.2 Å². The maximum absolute atomic E-state index is 11.4. The van der Waals surface area contributed by atoms with Crippen LogP contribution in [0.2, 0.25) is 0 Å². The average Bonchev–Trinajstić information content (AvgIpc) is 2.47. The maximum atomic E-state index is 11.4. The number of benzene rings is 1. The molecule has 1 aromatic carbocycles. The van der Waals surface area contributed by atoms with E-state index in [1.807, 2.05) is 11.8 Å². The van der Waals surface area contributed by atoms with Crippen molar-refractivity contribution in [2.24, 2.45) is 5.41 Å². The largest absolute Gasteiger partial charge is 0.487 e. The average molecular weight is 294 g/mol. The van der Waals surface area contributed by atoms with Crippen LogP contribution in [0.15, 0.2) is 18.2 Å². The molecule has 6 heteroatoms. The van der Waals surface area contributed by atoms with Crippen LogP contribution in [-0.4, -0.2) is 36.3 Å². The Morgan fingerprint density at radius 2 is 2.29 bits per heavy atom. The highest BCUT2D eigenvalue weighted by Gasteiger charge is 2.34. The van der Waals surface area contributed by atoms with E-state index in [0.29, 0.717) is 24.6 Å². The van der Waals surface area contributed by atoms with Gasteiger partial charge in [-0.15, -0.1) is 0 Å². The fourth-order valence-electron chi connectivity index (χ4n) is 2.87. The second kappa shape index (κ2) is 6.30. The minimum absolute atomic E-state index is 0.0153. The molecular formula is C15H22N2O4. The van der Waals surface area contributed by atoms with E-state index in [9.17, 15) is 15.2 Å². The smallest absolute Gasteiger partial charge is 0.333 e. The van der Waals surface area contributed by atoms with Crippen molar-refractivity contribution >= 4 is 11.4 Å². The number of aliphatic hydroxyl groups excluding tert-OH is 1. The molecule has 1 aliphatic rings. The summed E-state index contributed by atoms with van der Waals surface area (Å²) in [5, 5.41) is 21.0. The third-order valence-electron chi connectivity index (χ3n) is 3.96. The summed E-state index contributed by atoms with van der Waals surface area (Å²) in [6.07, 6.45) is 1.84. The summed E-state index contributed by atoms with van der Waals surface area (Å²) in [5.74, 6) is 0.302. The quantitative estimate of drug-likeness (QED) is 0.667. The first-order valence-electron chi connectivity index (χ1n) is 7.27. The second-order valence-corrected chi connectivity index (χ2v) is 5.81. The van der Waals surface area contributed by atoms with Crippen LogP contribution in [0.5, 0.6) is 5.75 Å². The molecule has 0 spiro atoms. The number of para-hydroxylation sites is 1. The zero-order valence-corrected chi connectivity index (χ0v) is 12.5. The zero-order valence-electron chi connectivity index (χ0n) is 12.5. The monoisotopic (exact) mass is 294 g/mol. The molecule has 0 unspecified atom stereocenters. The molecule has 0 aromatic heterocycles. The van der Waals surface area contributed by atoms with Crippen molar-refractivity contribution in [1.82, 2.24) is 0 Å². The number of aliphatic hydroxyl groups is 1. The number of piperidine rings is 1. The molecule has 1 N–H and O–H groups in total. The summed E-state index contributed by atoms with van der Waals surface area (Å²) < 4.78 is 5.39. The molecule has 0 saturated carbocycles. The number of nitrogens with zero attached hydrogens (tertiary/aromatic N) is 2. The lowest BCUT2D eigenvalue weighted by Crippen LogP contribution is -2.43.